The van der Waals surface area contributed by atoms with Crippen LogP contribution in [-0.4, -0.2) is 29.3 Å². The highest BCUT2D eigenvalue weighted by molar-refractivity contribution is 5.70. The van der Waals surface area contributed by atoms with Crippen LogP contribution in [0.4, 0.5) is 4.79 Å². The molecule has 3 rings (SSSR count). The molecule has 1 saturated heterocycles. The van der Waals surface area contributed by atoms with Crippen molar-refractivity contribution < 1.29 is 14.6 Å². The van der Waals surface area contributed by atoms with E-state index in [1.165, 1.54) is 5.56 Å². The predicted octanol–water partition coefficient (Wildman–Crippen LogP) is 4.18. The molecule has 132 valence electrons. The van der Waals surface area contributed by atoms with Crippen LogP contribution in [0, 0.1) is 6.92 Å². The van der Waals surface area contributed by atoms with E-state index in [1.807, 2.05) is 44.2 Å². The molecule has 0 saturated carbocycles. The Bertz CT molecular complexity index is 714. The summed E-state index contributed by atoms with van der Waals surface area (Å²) in [6.07, 6.45) is 0.756. The summed E-state index contributed by atoms with van der Waals surface area (Å²) in [6, 6.07) is 17.9. The number of carbonyl (C=O) groups excluding carboxylic acids is 1. The quantitative estimate of drug-likeness (QED) is 0.889. The van der Waals surface area contributed by atoms with Gasteiger partial charge in [-0.15, -0.1) is 0 Å². The minimum Gasteiger partial charge on any atom is -0.438 e. The zero-order valence-corrected chi connectivity index (χ0v) is 14.8. The molecule has 2 atom stereocenters. The summed E-state index contributed by atoms with van der Waals surface area (Å²) >= 11 is 0. The molecule has 0 aromatic heterocycles. The van der Waals surface area contributed by atoms with Gasteiger partial charge in [-0.3, -0.25) is 0 Å². The Morgan fingerprint density at radius 1 is 1.16 bits per heavy atom. The molecule has 0 radical (unpaired) electrons. The van der Waals surface area contributed by atoms with Gasteiger partial charge in [0.2, 0.25) is 0 Å². The molecule has 1 amide bonds. The van der Waals surface area contributed by atoms with Crippen molar-refractivity contribution in [1.82, 2.24) is 4.90 Å². The highest BCUT2D eigenvalue weighted by Crippen LogP contribution is 2.39. The van der Waals surface area contributed by atoms with Crippen molar-refractivity contribution in [2.24, 2.45) is 0 Å². The zero-order valence-electron chi connectivity index (χ0n) is 14.8. The second-order valence-electron chi connectivity index (χ2n) is 6.73. The van der Waals surface area contributed by atoms with Crippen molar-refractivity contribution in [3.8, 4) is 0 Å². The Morgan fingerprint density at radius 2 is 1.84 bits per heavy atom. The summed E-state index contributed by atoms with van der Waals surface area (Å²) < 4.78 is 5.91. The van der Waals surface area contributed by atoms with Crippen LogP contribution in [0.5, 0.6) is 0 Å². The van der Waals surface area contributed by atoms with E-state index in [2.05, 4.69) is 24.3 Å². The van der Waals surface area contributed by atoms with Crippen LogP contribution >= 0.6 is 0 Å². The monoisotopic (exact) mass is 339 g/mol. The lowest BCUT2D eigenvalue weighted by Crippen LogP contribution is -2.49. The van der Waals surface area contributed by atoms with E-state index >= 15 is 0 Å². The minimum absolute atomic E-state index is 0.0182. The van der Waals surface area contributed by atoms with Crippen LogP contribution in [0.15, 0.2) is 54.6 Å². The van der Waals surface area contributed by atoms with Crippen LogP contribution < -0.4 is 0 Å². The van der Waals surface area contributed by atoms with Crippen LogP contribution in [0.2, 0.25) is 0 Å². The molecule has 1 fully saturated rings. The molecular formula is C21H25NO3. The van der Waals surface area contributed by atoms with Crippen molar-refractivity contribution in [3.05, 3.63) is 71.3 Å². The number of nitrogens with zero attached hydrogens (tertiary/aromatic N) is 1. The van der Waals surface area contributed by atoms with Crippen LogP contribution in [0.3, 0.4) is 0 Å². The van der Waals surface area contributed by atoms with Crippen molar-refractivity contribution in [3.63, 3.8) is 0 Å². The summed E-state index contributed by atoms with van der Waals surface area (Å²) in [7, 11) is 0. The molecule has 1 aliphatic rings. The fourth-order valence-electron chi connectivity index (χ4n) is 3.49. The maximum atomic E-state index is 12.8. The predicted molar refractivity (Wildman–Crippen MR) is 97.2 cm³/mol. The molecule has 0 aliphatic carbocycles. The maximum absolute atomic E-state index is 12.8. The first-order valence-electron chi connectivity index (χ1n) is 8.78. The third-order valence-electron chi connectivity index (χ3n) is 5.12. The molecule has 2 aromatic rings. The lowest BCUT2D eigenvalue weighted by Gasteiger charge is -2.43. The first-order chi connectivity index (χ1) is 12.1. The summed E-state index contributed by atoms with van der Waals surface area (Å²) in [5, 5.41) is 9.51. The molecule has 4 nitrogen and oxygen atoms in total. The smallest absolute Gasteiger partial charge is 0.411 e. The number of carbonyl (C=O) groups is 1. The average molecular weight is 339 g/mol. The van der Waals surface area contributed by atoms with E-state index in [9.17, 15) is 9.90 Å². The Hall–Kier alpha value is -2.33. The fraction of sp³-hybridized carbons (Fsp3) is 0.381. The Kier molecular flexibility index (Phi) is 5.09. The van der Waals surface area contributed by atoms with Gasteiger partial charge in [0.05, 0.1) is 6.04 Å². The summed E-state index contributed by atoms with van der Waals surface area (Å²) in [4.78, 5) is 14.5. The van der Waals surface area contributed by atoms with Gasteiger partial charge < -0.3 is 14.7 Å². The van der Waals surface area contributed by atoms with Gasteiger partial charge in [0, 0.05) is 26.0 Å². The van der Waals surface area contributed by atoms with Gasteiger partial charge in [-0.05, 0) is 25.0 Å². The van der Waals surface area contributed by atoms with Crippen LogP contribution in [0.1, 0.15) is 42.5 Å². The Labute approximate surface area is 149 Å². The number of rotatable bonds is 5. The number of amides is 1. The van der Waals surface area contributed by atoms with Gasteiger partial charge in [0.15, 0.2) is 0 Å². The van der Waals surface area contributed by atoms with Crippen molar-refractivity contribution >= 4 is 6.09 Å². The molecule has 0 spiro atoms. The van der Waals surface area contributed by atoms with E-state index in [1.54, 1.807) is 4.90 Å². The molecule has 0 bridgehead atoms. The fourth-order valence-corrected chi connectivity index (χ4v) is 3.49. The molecule has 1 aliphatic heterocycles. The van der Waals surface area contributed by atoms with Gasteiger partial charge in [-0.1, -0.05) is 60.2 Å². The van der Waals surface area contributed by atoms with E-state index in [0.29, 0.717) is 19.4 Å². The topological polar surface area (TPSA) is 49.8 Å². The summed E-state index contributed by atoms with van der Waals surface area (Å²) in [6.45, 7) is 4.65. The van der Waals surface area contributed by atoms with Crippen molar-refractivity contribution in [2.45, 2.75) is 38.3 Å². The normalized spacial score (nSPS) is 21.7. The second kappa shape index (κ2) is 7.28. The highest BCUT2D eigenvalue weighted by atomic mass is 16.6. The van der Waals surface area contributed by atoms with Crippen LogP contribution in [-0.2, 0) is 10.3 Å². The molecule has 2 unspecified atom stereocenters. The van der Waals surface area contributed by atoms with Gasteiger partial charge >= 0.3 is 6.09 Å². The van der Waals surface area contributed by atoms with Crippen LogP contribution in [0.25, 0.3) is 0 Å². The van der Waals surface area contributed by atoms with Crippen molar-refractivity contribution in [2.75, 3.05) is 13.2 Å². The number of benzene rings is 2. The van der Waals surface area contributed by atoms with Crippen molar-refractivity contribution in [1.29, 1.82) is 0 Å². The van der Waals surface area contributed by atoms with Gasteiger partial charge in [0.1, 0.15) is 5.60 Å². The van der Waals surface area contributed by atoms with E-state index < -0.39 is 5.60 Å². The van der Waals surface area contributed by atoms with E-state index in [4.69, 9.17) is 4.74 Å². The lowest BCUT2D eigenvalue weighted by atomic mass is 9.85. The molecular weight excluding hydrogens is 314 g/mol. The molecule has 1 heterocycles. The average Bonchev–Trinajstić information content (AvgIpc) is 2.63. The number of ether oxygens (including phenoxy) is 1. The van der Waals surface area contributed by atoms with Gasteiger partial charge in [-0.2, -0.15) is 0 Å². The largest absolute Gasteiger partial charge is 0.438 e. The zero-order chi connectivity index (χ0) is 17.9. The minimum atomic E-state index is -0.739. The molecule has 2 aromatic carbocycles. The standard InChI is InChI=1S/C21H25NO3/c1-16-8-10-18(11-9-16)17(2)22-14-12-21(13-15-23,25-20(22)24)19-6-4-3-5-7-19/h3-11,17,23H,12-15H2,1-2H3. The lowest BCUT2D eigenvalue weighted by molar-refractivity contribution is -0.0718. The number of hydrogen-bond acceptors (Lipinski definition) is 3. The maximum Gasteiger partial charge on any atom is 0.411 e. The Morgan fingerprint density at radius 3 is 2.44 bits per heavy atom. The SMILES string of the molecule is Cc1ccc(C(C)N2CCC(CCO)(c3ccccc3)OC2=O)cc1. The number of cyclic esters (lactones) is 1. The Balaban J connectivity index is 1.81. The van der Waals surface area contributed by atoms with E-state index in [-0.39, 0.29) is 18.7 Å². The molecule has 25 heavy (non-hydrogen) atoms. The molecule has 1 N–H and O–H groups in total. The molecule has 4 heteroatoms. The van der Waals surface area contributed by atoms with E-state index in [0.717, 1.165) is 11.1 Å². The third kappa shape index (κ3) is 3.54. The number of hydrogen-bond donors (Lipinski definition) is 1. The second-order valence-corrected chi connectivity index (χ2v) is 6.73. The number of aryl methyl sites for hydroxylation is 1. The number of aliphatic hydroxyl groups excluding tert-OH is 1. The third-order valence-corrected chi connectivity index (χ3v) is 5.12. The number of aliphatic hydroxyl groups is 1. The summed E-state index contributed by atoms with van der Waals surface area (Å²) in [5.41, 5.74) is 2.50. The summed E-state index contributed by atoms with van der Waals surface area (Å²) in [5.74, 6) is 0. The highest BCUT2D eigenvalue weighted by Gasteiger charge is 2.43. The first-order valence-corrected chi connectivity index (χ1v) is 8.78. The first kappa shape index (κ1) is 17.5. The van der Waals surface area contributed by atoms with Gasteiger partial charge in [0.25, 0.3) is 0 Å². The van der Waals surface area contributed by atoms with Gasteiger partial charge in [-0.25, -0.2) is 4.79 Å².